The van der Waals surface area contributed by atoms with Crippen LogP contribution in [0.4, 0.5) is 0 Å². The normalized spacial score (nSPS) is 11.1. The summed E-state index contributed by atoms with van der Waals surface area (Å²) in [4.78, 5) is 0. The minimum atomic E-state index is -2.07. The van der Waals surface area contributed by atoms with E-state index in [0.717, 1.165) is 18.4 Å². The van der Waals surface area contributed by atoms with Gasteiger partial charge in [0.1, 0.15) is 0 Å². The van der Waals surface area contributed by atoms with Gasteiger partial charge >= 0.3 is 17.8 Å². The molecule has 2 rings (SSSR count). The lowest BCUT2D eigenvalue weighted by molar-refractivity contribution is 0.225. The van der Waals surface area contributed by atoms with Crippen LogP contribution in [0.15, 0.2) is 60.7 Å². The Balaban J connectivity index is 0.000000251. The standard InChI is InChI=1S/C10H16O2Si.C9H14O2Si/c1-3-11-13(12-4-2)10-8-6-5-7-9-10;1-10-12(3,11-2)9-7-5-4-6-8-9/h5-9,13H,3-4H2,1-2H3;4-8H,1-3H3. The van der Waals surface area contributed by atoms with Crippen LogP contribution in [-0.2, 0) is 17.7 Å². The fourth-order valence-electron chi connectivity index (χ4n) is 2.21. The molecule has 0 aliphatic carbocycles. The molecule has 0 spiro atoms. The van der Waals surface area contributed by atoms with Crippen LogP contribution in [0, 0.1) is 0 Å². The molecule has 0 N–H and O–H groups in total. The van der Waals surface area contributed by atoms with E-state index in [1.54, 1.807) is 14.2 Å². The fraction of sp³-hybridized carbons (Fsp3) is 0.368. The topological polar surface area (TPSA) is 36.9 Å². The van der Waals surface area contributed by atoms with Crippen LogP contribution in [0.5, 0.6) is 0 Å². The Morgan fingerprint density at radius 1 is 0.760 bits per heavy atom. The summed E-state index contributed by atoms with van der Waals surface area (Å²) in [6.45, 7) is 7.49. The van der Waals surface area contributed by atoms with Crippen molar-refractivity contribution >= 4 is 28.2 Å². The van der Waals surface area contributed by atoms with E-state index in [0.29, 0.717) is 0 Å². The molecule has 2 aromatic carbocycles. The van der Waals surface area contributed by atoms with Crippen molar-refractivity contribution in [1.29, 1.82) is 0 Å². The lowest BCUT2D eigenvalue weighted by Crippen LogP contribution is -2.49. The van der Waals surface area contributed by atoms with Crippen LogP contribution < -0.4 is 10.4 Å². The highest BCUT2D eigenvalue weighted by Crippen LogP contribution is 2.04. The zero-order valence-corrected chi connectivity index (χ0v) is 18.1. The summed E-state index contributed by atoms with van der Waals surface area (Å²) >= 11 is 0. The summed E-state index contributed by atoms with van der Waals surface area (Å²) in [5.41, 5.74) is 0. The highest BCUT2D eigenvalue weighted by atomic mass is 28.4. The van der Waals surface area contributed by atoms with E-state index in [9.17, 15) is 0 Å². The van der Waals surface area contributed by atoms with Gasteiger partial charge in [0.15, 0.2) is 0 Å². The summed E-state index contributed by atoms with van der Waals surface area (Å²) in [6.07, 6.45) is 0. The van der Waals surface area contributed by atoms with Crippen molar-refractivity contribution in [2.75, 3.05) is 27.4 Å². The number of benzene rings is 2. The van der Waals surface area contributed by atoms with Gasteiger partial charge in [0.25, 0.3) is 0 Å². The molecule has 0 unspecified atom stereocenters. The third kappa shape index (κ3) is 7.23. The minimum absolute atomic E-state index is 0.728. The highest BCUT2D eigenvalue weighted by molar-refractivity contribution is 6.79. The second-order valence-corrected chi connectivity index (χ2v) is 10.7. The molecule has 2 aromatic rings. The highest BCUT2D eigenvalue weighted by Gasteiger charge is 2.30. The first-order chi connectivity index (χ1) is 12.1. The van der Waals surface area contributed by atoms with Gasteiger partial charge in [0, 0.05) is 27.4 Å². The van der Waals surface area contributed by atoms with Crippen molar-refractivity contribution in [3.05, 3.63) is 60.7 Å². The van der Waals surface area contributed by atoms with E-state index in [1.807, 2.05) is 68.9 Å². The number of rotatable bonds is 8. The predicted molar refractivity (Wildman–Crippen MR) is 108 cm³/mol. The van der Waals surface area contributed by atoms with Gasteiger partial charge in [0.05, 0.1) is 0 Å². The monoisotopic (exact) mass is 378 g/mol. The summed E-state index contributed by atoms with van der Waals surface area (Å²) in [5, 5.41) is 2.38. The third-order valence-electron chi connectivity index (χ3n) is 3.79. The molecule has 0 radical (unpaired) electrons. The van der Waals surface area contributed by atoms with Gasteiger partial charge in [-0.2, -0.15) is 0 Å². The molecule has 0 amide bonds. The maximum atomic E-state index is 5.59. The van der Waals surface area contributed by atoms with Gasteiger partial charge < -0.3 is 17.7 Å². The molecular weight excluding hydrogens is 348 g/mol. The van der Waals surface area contributed by atoms with Gasteiger partial charge in [0.2, 0.25) is 0 Å². The van der Waals surface area contributed by atoms with E-state index in [1.165, 1.54) is 5.19 Å². The molecule has 25 heavy (non-hydrogen) atoms. The molecule has 138 valence electrons. The van der Waals surface area contributed by atoms with Crippen LogP contribution in [0.2, 0.25) is 6.55 Å². The molecule has 0 atom stereocenters. The van der Waals surface area contributed by atoms with E-state index in [4.69, 9.17) is 17.7 Å². The molecule has 0 aromatic heterocycles. The average molecular weight is 379 g/mol. The smallest absolute Gasteiger partial charge is 0.368 e. The lowest BCUT2D eigenvalue weighted by atomic mass is 10.4. The SMILES string of the molecule is CCO[SiH](OCC)c1ccccc1.CO[Si](C)(OC)c1ccccc1. The van der Waals surface area contributed by atoms with E-state index in [2.05, 4.69) is 12.1 Å². The summed E-state index contributed by atoms with van der Waals surface area (Å²) in [5.74, 6) is 0. The van der Waals surface area contributed by atoms with Crippen LogP contribution in [0.1, 0.15) is 13.8 Å². The van der Waals surface area contributed by atoms with Crippen LogP contribution in [0.3, 0.4) is 0 Å². The molecular formula is C19H30O4Si2. The van der Waals surface area contributed by atoms with Crippen molar-refractivity contribution in [1.82, 2.24) is 0 Å². The molecule has 0 aliphatic heterocycles. The van der Waals surface area contributed by atoms with Crippen molar-refractivity contribution in [2.24, 2.45) is 0 Å². The van der Waals surface area contributed by atoms with E-state index in [-0.39, 0.29) is 0 Å². The zero-order valence-electron chi connectivity index (χ0n) is 15.9. The van der Waals surface area contributed by atoms with Gasteiger partial charge in [-0.05, 0) is 30.8 Å². The van der Waals surface area contributed by atoms with Crippen LogP contribution in [-0.4, -0.2) is 45.3 Å². The second-order valence-electron chi connectivity index (χ2n) is 5.37. The van der Waals surface area contributed by atoms with Crippen LogP contribution >= 0.6 is 0 Å². The quantitative estimate of drug-likeness (QED) is 0.661. The Morgan fingerprint density at radius 3 is 1.60 bits per heavy atom. The molecule has 0 bridgehead atoms. The Morgan fingerprint density at radius 2 is 1.20 bits per heavy atom. The van der Waals surface area contributed by atoms with Gasteiger partial charge in [-0.1, -0.05) is 60.7 Å². The van der Waals surface area contributed by atoms with E-state index < -0.39 is 17.8 Å². The second kappa shape index (κ2) is 12.1. The average Bonchev–Trinajstić information content (AvgIpc) is 2.69. The van der Waals surface area contributed by atoms with Gasteiger partial charge in [-0.25, -0.2) is 0 Å². The largest absolute Gasteiger partial charge is 0.394 e. The molecule has 0 saturated heterocycles. The predicted octanol–water partition coefficient (Wildman–Crippen LogP) is 2.45. The molecule has 0 heterocycles. The summed E-state index contributed by atoms with van der Waals surface area (Å²) in [7, 11) is -0.271. The number of hydrogen-bond donors (Lipinski definition) is 0. The Hall–Kier alpha value is -1.29. The maximum absolute atomic E-state index is 5.59. The maximum Gasteiger partial charge on any atom is 0.368 e. The summed E-state index contributed by atoms with van der Waals surface area (Å²) < 4.78 is 21.9. The zero-order chi connectivity index (χ0) is 18.5. The van der Waals surface area contributed by atoms with Gasteiger partial charge in [-0.15, -0.1) is 0 Å². The first kappa shape index (κ1) is 21.8. The first-order valence-electron chi connectivity index (χ1n) is 8.55. The molecule has 0 saturated carbocycles. The molecule has 0 fully saturated rings. The molecule has 0 aliphatic rings. The Bertz CT molecular complexity index is 556. The minimum Gasteiger partial charge on any atom is -0.394 e. The van der Waals surface area contributed by atoms with E-state index >= 15 is 0 Å². The van der Waals surface area contributed by atoms with Crippen molar-refractivity contribution in [2.45, 2.75) is 20.4 Å². The van der Waals surface area contributed by atoms with Crippen molar-refractivity contribution < 1.29 is 17.7 Å². The molecule has 6 heteroatoms. The Labute approximate surface area is 154 Å². The fourth-order valence-corrected chi connectivity index (χ4v) is 5.27. The summed E-state index contributed by atoms with van der Waals surface area (Å²) in [6, 6.07) is 20.3. The van der Waals surface area contributed by atoms with Crippen molar-refractivity contribution in [3.63, 3.8) is 0 Å². The lowest BCUT2D eigenvalue weighted by Gasteiger charge is -2.22. The van der Waals surface area contributed by atoms with Gasteiger partial charge in [-0.3, -0.25) is 0 Å². The van der Waals surface area contributed by atoms with Crippen molar-refractivity contribution in [3.8, 4) is 0 Å². The third-order valence-corrected chi connectivity index (χ3v) is 8.93. The first-order valence-corrected chi connectivity index (χ1v) is 12.4. The molecule has 4 nitrogen and oxygen atoms in total. The number of hydrogen-bond acceptors (Lipinski definition) is 4. The van der Waals surface area contributed by atoms with Crippen LogP contribution in [0.25, 0.3) is 0 Å². The Kier molecular flexibility index (Phi) is 10.6.